The molecule has 1 aromatic carbocycles. The van der Waals surface area contributed by atoms with Crippen molar-refractivity contribution in [3.05, 3.63) is 45.0 Å². The van der Waals surface area contributed by atoms with Gasteiger partial charge in [-0.15, -0.1) is 11.3 Å². The Balaban J connectivity index is 1.88. The van der Waals surface area contributed by atoms with Gasteiger partial charge < -0.3 is 10.1 Å². The van der Waals surface area contributed by atoms with Gasteiger partial charge in [0.2, 0.25) is 15.9 Å². The Morgan fingerprint density at radius 2 is 2.00 bits per heavy atom. The van der Waals surface area contributed by atoms with Gasteiger partial charge in [-0.1, -0.05) is 11.6 Å². The van der Waals surface area contributed by atoms with Crippen molar-refractivity contribution in [2.75, 3.05) is 29.5 Å². The molecule has 0 saturated heterocycles. The maximum absolute atomic E-state index is 13.5. The van der Waals surface area contributed by atoms with Crippen LogP contribution in [0, 0.1) is 5.82 Å². The number of nitrogens with zero attached hydrogens (tertiary/aromatic N) is 1. The molecule has 11 heteroatoms. The van der Waals surface area contributed by atoms with E-state index in [0.29, 0.717) is 10.6 Å². The fourth-order valence-corrected chi connectivity index (χ4v) is 5.63. The number of halogens is 2. The van der Waals surface area contributed by atoms with Crippen molar-refractivity contribution in [3.63, 3.8) is 0 Å². The van der Waals surface area contributed by atoms with Crippen molar-refractivity contribution >= 4 is 55.5 Å². The lowest BCUT2D eigenvalue weighted by atomic mass is 9.95. The molecule has 0 saturated carbocycles. The van der Waals surface area contributed by atoms with Gasteiger partial charge in [-0.05, 0) is 49.4 Å². The molecule has 0 bridgehead atoms. The molecule has 30 heavy (non-hydrogen) atoms. The van der Waals surface area contributed by atoms with Crippen LogP contribution in [0.3, 0.4) is 0 Å². The summed E-state index contributed by atoms with van der Waals surface area (Å²) in [6, 6.07) is 3.38. The number of hydrogen-bond donors (Lipinski definition) is 1. The van der Waals surface area contributed by atoms with Crippen molar-refractivity contribution in [1.29, 1.82) is 0 Å². The average molecular weight is 475 g/mol. The van der Waals surface area contributed by atoms with E-state index in [0.717, 1.165) is 58.8 Å². The number of carbonyl (C=O) groups excluding carboxylic acids is 2. The highest BCUT2D eigenvalue weighted by Gasteiger charge is 2.28. The topological polar surface area (TPSA) is 92.8 Å². The molecule has 1 aliphatic rings. The van der Waals surface area contributed by atoms with Gasteiger partial charge in [0.15, 0.2) is 0 Å². The third kappa shape index (κ3) is 4.76. The molecule has 0 aliphatic heterocycles. The molecule has 3 rings (SSSR count). The van der Waals surface area contributed by atoms with E-state index >= 15 is 0 Å². The second-order valence-corrected chi connectivity index (χ2v) is 10.2. The predicted molar refractivity (Wildman–Crippen MR) is 115 cm³/mol. The Morgan fingerprint density at radius 1 is 1.30 bits per heavy atom. The van der Waals surface area contributed by atoms with Crippen molar-refractivity contribution in [3.8, 4) is 0 Å². The van der Waals surface area contributed by atoms with Crippen LogP contribution in [0.1, 0.15) is 33.6 Å². The van der Waals surface area contributed by atoms with Crippen LogP contribution in [-0.4, -0.2) is 40.2 Å². The number of amides is 1. The first-order chi connectivity index (χ1) is 14.1. The minimum atomic E-state index is -3.87. The maximum atomic E-state index is 13.5. The Hall–Kier alpha value is -2.17. The van der Waals surface area contributed by atoms with Crippen LogP contribution in [0.15, 0.2) is 18.2 Å². The zero-order chi connectivity index (χ0) is 22.1. The van der Waals surface area contributed by atoms with E-state index in [2.05, 4.69) is 5.32 Å². The van der Waals surface area contributed by atoms with Gasteiger partial charge in [-0.25, -0.2) is 17.6 Å². The summed E-state index contributed by atoms with van der Waals surface area (Å²) in [7, 11) is -2.60. The molecule has 0 unspecified atom stereocenters. The monoisotopic (exact) mass is 474 g/mol. The molecule has 2 aromatic rings. The van der Waals surface area contributed by atoms with Gasteiger partial charge in [0.25, 0.3) is 0 Å². The molecular formula is C19H20ClFN2O5S2. The van der Waals surface area contributed by atoms with E-state index in [4.69, 9.17) is 16.3 Å². The minimum Gasteiger partial charge on any atom is -0.465 e. The van der Waals surface area contributed by atoms with Crippen molar-refractivity contribution in [1.82, 2.24) is 0 Å². The van der Waals surface area contributed by atoms with E-state index < -0.39 is 34.3 Å². The highest BCUT2D eigenvalue weighted by Crippen LogP contribution is 2.38. The number of anilines is 2. The first-order valence-corrected chi connectivity index (χ1v) is 12.1. The number of carbonyl (C=O) groups is 2. The number of nitrogens with one attached hydrogen (secondary N) is 1. The van der Waals surface area contributed by atoms with Gasteiger partial charge in [-0.2, -0.15) is 0 Å². The molecular weight excluding hydrogens is 455 g/mol. The Labute approximate surface area is 182 Å². The first kappa shape index (κ1) is 22.5. The van der Waals surface area contributed by atoms with Gasteiger partial charge in [0, 0.05) is 4.88 Å². The second kappa shape index (κ2) is 8.91. The number of fused-ring (bicyclic) bond motifs is 1. The van der Waals surface area contributed by atoms with Gasteiger partial charge in [-0.3, -0.25) is 9.10 Å². The molecule has 1 N–H and O–H groups in total. The van der Waals surface area contributed by atoms with E-state index in [-0.39, 0.29) is 10.7 Å². The number of rotatable bonds is 6. The zero-order valence-corrected chi connectivity index (χ0v) is 18.7. The normalized spacial score (nSPS) is 13.5. The summed E-state index contributed by atoms with van der Waals surface area (Å²) < 4.78 is 43.6. The number of thiophene rings is 1. The van der Waals surface area contributed by atoms with Crippen LogP contribution in [0.2, 0.25) is 5.02 Å². The summed E-state index contributed by atoms with van der Waals surface area (Å²) >= 11 is 7.05. The fourth-order valence-electron chi connectivity index (χ4n) is 3.31. The van der Waals surface area contributed by atoms with E-state index in [1.807, 2.05) is 0 Å². The maximum Gasteiger partial charge on any atom is 0.341 e. The smallest absolute Gasteiger partial charge is 0.341 e. The number of aryl methyl sites for hydroxylation is 1. The molecule has 1 aromatic heterocycles. The van der Waals surface area contributed by atoms with E-state index in [1.54, 1.807) is 0 Å². The minimum absolute atomic E-state index is 0.0534. The van der Waals surface area contributed by atoms with Gasteiger partial charge in [0.05, 0.1) is 29.6 Å². The number of methoxy groups -OCH3 is 1. The number of ether oxygens (including phenoxy) is 1. The Bertz CT molecular complexity index is 1100. The quantitative estimate of drug-likeness (QED) is 0.645. The van der Waals surface area contributed by atoms with E-state index in [9.17, 15) is 22.4 Å². The van der Waals surface area contributed by atoms with Crippen LogP contribution in [0.25, 0.3) is 0 Å². The van der Waals surface area contributed by atoms with Crippen LogP contribution >= 0.6 is 22.9 Å². The van der Waals surface area contributed by atoms with Gasteiger partial charge >= 0.3 is 5.97 Å². The third-order valence-corrected chi connectivity index (χ3v) is 7.33. The molecule has 1 aliphatic carbocycles. The Kier molecular flexibility index (Phi) is 6.68. The summed E-state index contributed by atoms with van der Waals surface area (Å²) in [6.07, 6.45) is 4.39. The lowest BCUT2D eigenvalue weighted by Crippen LogP contribution is -2.37. The van der Waals surface area contributed by atoms with Crippen molar-refractivity contribution in [2.24, 2.45) is 0 Å². The molecule has 7 nitrogen and oxygen atoms in total. The average Bonchev–Trinajstić information content (AvgIpc) is 3.04. The number of benzene rings is 1. The summed E-state index contributed by atoms with van der Waals surface area (Å²) in [4.78, 5) is 26.0. The van der Waals surface area contributed by atoms with Gasteiger partial charge in [0.1, 0.15) is 17.4 Å². The number of hydrogen-bond acceptors (Lipinski definition) is 6. The lowest BCUT2D eigenvalue weighted by molar-refractivity contribution is -0.114. The zero-order valence-electron chi connectivity index (χ0n) is 16.3. The second-order valence-electron chi connectivity index (χ2n) is 6.82. The molecule has 0 spiro atoms. The molecule has 0 radical (unpaired) electrons. The van der Waals surface area contributed by atoms with Crippen LogP contribution < -0.4 is 9.62 Å². The predicted octanol–water partition coefficient (Wildman–Crippen LogP) is 3.61. The molecule has 162 valence electrons. The summed E-state index contributed by atoms with van der Waals surface area (Å²) in [5, 5.41) is 2.72. The molecule has 1 amide bonds. The van der Waals surface area contributed by atoms with Crippen molar-refractivity contribution < 1.29 is 27.1 Å². The van der Waals surface area contributed by atoms with Crippen molar-refractivity contribution in [2.45, 2.75) is 25.7 Å². The molecule has 1 heterocycles. The molecule has 0 fully saturated rings. The summed E-state index contributed by atoms with van der Waals surface area (Å²) in [6.45, 7) is -0.566. The van der Waals surface area contributed by atoms with Crippen LogP contribution in [0.4, 0.5) is 15.1 Å². The summed E-state index contributed by atoms with van der Waals surface area (Å²) in [5.74, 6) is -1.90. The standard InChI is InChI=1S/C19H20ClFN2O5S2/c1-28-19(25)17-12-5-3-4-6-15(12)29-18(17)22-16(24)10-23(30(2,26)27)11-7-8-14(21)13(20)9-11/h7-9H,3-6,10H2,1-2H3,(H,22,24). The largest absolute Gasteiger partial charge is 0.465 e. The SMILES string of the molecule is COC(=O)c1c(NC(=O)CN(c2ccc(F)c(Cl)c2)S(C)(=O)=O)sc2c1CCCC2. The number of sulfonamides is 1. The number of esters is 1. The third-order valence-electron chi connectivity index (χ3n) is 4.69. The molecule has 0 atom stereocenters. The van der Waals surface area contributed by atoms with Crippen LogP contribution in [0.5, 0.6) is 0 Å². The van der Waals surface area contributed by atoms with Crippen LogP contribution in [-0.2, 0) is 32.4 Å². The highest BCUT2D eigenvalue weighted by molar-refractivity contribution is 7.92. The Morgan fingerprint density at radius 3 is 2.63 bits per heavy atom. The fraction of sp³-hybridized carbons (Fsp3) is 0.368. The summed E-state index contributed by atoms with van der Waals surface area (Å²) in [5.41, 5.74) is 1.25. The lowest BCUT2D eigenvalue weighted by Gasteiger charge is -2.22. The van der Waals surface area contributed by atoms with E-state index in [1.165, 1.54) is 24.5 Å². The highest BCUT2D eigenvalue weighted by atomic mass is 35.5. The first-order valence-electron chi connectivity index (χ1n) is 9.07.